The van der Waals surface area contributed by atoms with Gasteiger partial charge in [-0.25, -0.2) is 0 Å². The molecule has 0 spiro atoms. The zero-order chi connectivity index (χ0) is 13.5. The van der Waals surface area contributed by atoms with Gasteiger partial charge in [0.25, 0.3) is 0 Å². The molecule has 0 aliphatic rings. The molecule has 1 unspecified atom stereocenters. The summed E-state index contributed by atoms with van der Waals surface area (Å²) in [7, 11) is 2.17. The second-order valence-electron chi connectivity index (χ2n) is 4.45. The molecule has 0 fully saturated rings. The van der Waals surface area contributed by atoms with Crippen molar-refractivity contribution in [3.05, 3.63) is 35.4 Å². The Bertz CT molecular complexity index is 393. The van der Waals surface area contributed by atoms with Crippen molar-refractivity contribution in [2.45, 2.75) is 25.9 Å². The molecule has 1 atom stereocenters. The molecule has 1 aromatic carbocycles. The fraction of sp³-hybridized carbons (Fsp3) is 0.500. The average molecular weight is 282 g/mol. The number of thioether (sulfide) groups is 1. The Kier molecular flexibility index (Phi) is 6.68. The molecular formula is C14H22N2S2. The van der Waals surface area contributed by atoms with Crippen LogP contribution in [0.15, 0.2) is 24.3 Å². The van der Waals surface area contributed by atoms with Gasteiger partial charge in [0.15, 0.2) is 0 Å². The van der Waals surface area contributed by atoms with Crippen LogP contribution in [0.5, 0.6) is 0 Å². The van der Waals surface area contributed by atoms with Crippen LogP contribution in [-0.4, -0.2) is 35.0 Å². The summed E-state index contributed by atoms with van der Waals surface area (Å²) in [6.07, 6.45) is 3.31. The molecule has 1 aromatic rings. The van der Waals surface area contributed by atoms with E-state index in [0.717, 1.165) is 24.3 Å². The van der Waals surface area contributed by atoms with Crippen LogP contribution in [0.1, 0.15) is 24.5 Å². The second kappa shape index (κ2) is 7.77. The first-order valence-electron chi connectivity index (χ1n) is 6.17. The molecule has 0 bridgehead atoms. The first-order chi connectivity index (χ1) is 8.60. The maximum atomic E-state index is 5.77. The SMILES string of the molecule is CCC(CSC)N(C)Cc1ccccc1C(N)=S. The van der Waals surface area contributed by atoms with Gasteiger partial charge in [-0.2, -0.15) is 11.8 Å². The van der Waals surface area contributed by atoms with Gasteiger partial charge in [0.1, 0.15) is 4.99 Å². The summed E-state index contributed by atoms with van der Waals surface area (Å²) in [5.74, 6) is 1.15. The number of hydrogen-bond donors (Lipinski definition) is 1. The highest BCUT2D eigenvalue weighted by Gasteiger charge is 2.14. The number of hydrogen-bond acceptors (Lipinski definition) is 3. The quantitative estimate of drug-likeness (QED) is 0.779. The third kappa shape index (κ3) is 4.26. The Hall–Kier alpha value is -0.580. The van der Waals surface area contributed by atoms with Gasteiger partial charge in [0.2, 0.25) is 0 Å². The van der Waals surface area contributed by atoms with Gasteiger partial charge in [0.05, 0.1) is 0 Å². The van der Waals surface area contributed by atoms with E-state index in [9.17, 15) is 0 Å². The van der Waals surface area contributed by atoms with Gasteiger partial charge >= 0.3 is 0 Å². The Morgan fingerprint density at radius 1 is 1.44 bits per heavy atom. The van der Waals surface area contributed by atoms with Crippen molar-refractivity contribution >= 4 is 29.0 Å². The molecule has 4 heteroatoms. The van der Waals surface area contributed by atoms with Crippen LogP contribution in [0, 0.1) is 0 Å². The van der Waals surface area contributed by atoms with E-state index >= 15 is 0 Å². The lowest BCUT2D eigenvalue weighted by Gasteiger charge is -2.27. The van der Waals surface area contributed by atoms with Crippen LogP contribution < -0.4 is 5.73 Å². The number of rotatable bonds is 7. The van der Waals surface area contributed by atoms with Crippen molar-refractivity contribution in [3.63, 3.8) is 0 Å². The molecule has 0 heterocycles. The fourth-order valence-corrected chi connectivity index (χ4v) is 3.12. The van der Waals surface area contributed by atoms with E-state index in [2.05, 4.69) is 31.2 Å². The molecule has 0 radical (unpaired) electrons. The van der Waals surface area contributed by atoms with Crippen LogP contribution in [0.4, 0.5) is 0 Å². The Labute approximate surface area is 120 Å². The number of nitrogens with two attached hydrogens (primary N) is 1. The minimum atomic E-state index is 0.483. The topological polar surface area (TPSA) is 29.3 Å². The molecule has 18 heavy (non-hydrogen) atoms. The van der Waals surface area contributed by atoms with Gasteiger partial charge in [-0.05, 0) is 25.3 Å². The summed E-state index contributed by atoms with van der Waals surface area (Å²) in [6, 6.07) is 8.73. The largest absolute Gasteiger partial charge is 0.389 e. The zero-order valence-electron chi connectivity index (χ0n) is 11.3. The average Bonchev–Trinajstić information content (AvgIpc) is 2.36. The second-order valence-corrected chi connectivity index (χ2v) is 5.80. The fourth-order valence-electron chi connectivity index (χ4n) is 2.05. The minimum Gasteiger partial charge on any atom is -0.389 e. The van der Waals surface area contributed by atoms with Crippen molar-refractivity contribution in [1.82, 2.24) is 4.90 Å². The molecule has 0 saturated heterocycles. The highest BCUT2D eigenvalue weighted by atomic mass is 32.2. The number of benzene rings is 1. The van der Waals surface area contributed by atoms with Crippen LogP contribution >= 0.6 is 24.0 Å². The smallest absolute Gasteiger partial charge is 0.104 e. The summed E-state index contributed by atoms with van der Waals surface area (Å²) >= 11 is 6.99. The van der Waals surface area contributed by atoms with Gasteiger partial charge in [-0.15, -0.1) is 0 Å². The van der Waals surface area contributed by atoms with Gasteiger partial charge in [-0.3, -0.25) is 4.90 Å². The number of thiocarbonyl (C=S) groups is 1. The lowest BCUT2D eigenvalue weighted by Crippen LogP contribution is -2.33. The highest BCUT2D eigenvalue weighted by Crippen LogP contribution is 2.15. The van der Waals surface area contributed by atoms with Gasteiger partial charge < -0.3 is 5.73 Å². The van der Waals surface area contributed by atoms with Crippen LogP contribution in [0.25, 0.3) is 0 Å². The summed E-state index contributed by atoms with van der Waals surface area (Å²) in [6.45, 7) is 3.13. The van der Waals surface area contributed by atoms with E-state index < -0.39 is 0 Å². The lowest BCUT2D eigenvalue weighted by atomic mass is 10.1. The van der Waals surface area contributed by atoms with Gasteiger partial charge in [0, 0.05) is 23.9 Å². The first kappa shape index (κ1) is 15.5. The van der Waals surface area contributed by atoms with Crippen molar-refractivity contribution in [2.24, 2.45) is 5.73 Å². The normalized spacial score (nSPS) is 12.7. The van der Waals surface area contributed by atoms with Crippen molar-refractivity contribution in [1.29, 1.82) is 0 Å². The summed E-state index contributed by atoms with van der Waals surface area (Å²) in [5, 5.41) is 0. The number of nitrogens with zero attached hydrogens (tertiary/aromatic N) is 1. The van der Waals surface area contributed by atoms with E-state index in [1.165, 1.54) is 5.56 Å². The summed E-state index contributed by atoms with van der Waals surface area (Å²) in [5.41, 5.74) is 7.98. The maximum Gasteiger partial charge on any atom is 0.104 e. The molecule has 0 amide bonds. The van der Waals surface area contributed by atoms with E-state index in [-0.39, 0.29) is 0 Å². The third-order valence-corrected chi connectivity index (χ3v) is 4.09. The van der Waals surface area contributed by atoms with Gasteiger partial charge in [-0.1, -0.05) is 43.4 Å². The van der Waals surface area contributed by atoms with Crippen molar-refractivity contribution in [3.8, 4) is 0 Å². The first-order valence-corrected chi connectivity index (χ1v) is 7.97. The minimum absolute atomic E-state index is 0.483. The van der Waals surface area contributed by atoms with E-state index in [1.807, 2.05) is 30.0 Å². The summed E-state index contributed by atoms with van der Waals surface area (Å²) < 4.78 is 0. The molecule has 100 valence electrons. The molecule has 0 aliphatic heterocycles. The monoisotopic (exact) mass is 282 g/mol. The lowest BCUT2D eigenvalue weighted by molar-refractivity contribution is 0.248. The van der Waals surface area contributed by atoms with Crippen LogP contribution in [0.3, 0.4) is 0 Å². The summed E-state index contributed by atoms with van der Waals surface area (Å²) in [4.78, 5) is 2.87. The molecule has 0 aliphatic carbocycles. The molecular weight excluding hydrogens is 260 g/mol. The predicted molar refractivity (Wildman–Crippen MR) is 86.3 cm³/mol. The molecule has 0 saturated carbocycles. The third-order valence-electron chi connectivity index (χ3n) is 3.16. The predicted octanol–water partition coefficient (Wildman–Crippen LogP) is 2.89. The highest BCUT2D eigenvalue weighted by molar-refractivity contribution is 7.98. The van der Waals surface area contributed by atoms with Crippen molar-refractivity contribution in [2.75, 3.05) is 19.1 Å². The molecule has 0 aromatic heterocycles. The standard InChI is InChI=1S/C14H22N2S2/c1-4-12(10-18-3)16(2)9-11-7-5-6-8-13(11)14(15)17/h5-8,12H,4,9-10H2,1-3H3,(H2,15,17). The van der Waals surface area contributed by atoms with Crippen LogP contribution in [0.2, 0.25) is 0 Å². The maximum absolute atomic E-state index is 5.77. The van der Waals surface area contributed by atoms with Crippen molar-refractivity contribution < 1.29 is 0 Å². The zero-order valence-corrected chi connectivity index (χ0v) is 13.0. The Morgan fingerprint density at radius 2 is 2.11 bits per heavy atom. The van der Waals surface area contributed by atoms with E-state index in [0.29, 0.717) is 11.0 Å². The molecule has 1 rings (SSSR count). The van der Waals surface area contributed by atoms with Crippen LogP contribution in [-0.2, 0) is 6.54 Å². The van der Waals surface area contributed by atoms with E-state index in [1.54, 1.807) is 0 Å². The molecule has 2 nitrogen and oxygen atoms in total. The molecule has 2 N–H and O–H groups in total. The van der Waals surface area contributed by atoms with E-state index in [4.69, 9.17) is 18.0 Å². The Balaban J connectivity index is 2.80. The Morgan fingerprint density at radius 3 is 2.67 bits per heavy atom.